The molecule has 0 amide bonds. The largest absolute Gasteiger partial charge is 0.477 e. The van der Waals surface area contributed by atoms with Crippen LogP contribution in [0.2, 0.25) is 0 Å². The summed E-state index contributed by atoms with van der Waals surface area (Å²) in [5, 5.41) is 15.5. The number of esters is 1. The summed E-state index contributed by atoms with van der Waals surface area (Å²) >= 11 is 0. The Hall–Kier alpha value is -3.52. The van der Waals surface area contributed by atoms with E-state index in [1.54, 1.807) is 12.1 Å². The number of rotatable bonds is 7. The maximum atomic E-state index is 12.7. The van der Waals surface area contributed by atoms with Crippen molar-refractivity contribution in [3.63, 3.8) is 0 Å². The minimum absolute atomic E-state index is 0.0631. The summed E-state index contributed by atoms with van der Waals surface area (Å²) in [6.45, 7) is -0.496. The van der Waals surface area contributed by atoms with Gasteiger partial charge in [0.2, 0.25) is 0 Å². The van der Waals surface area contributed by atoms with E-state index in [0.717, 1.165) is 15.5 Å². The van der Waals surface area contributed by atoms with E-state index in [-0.39, 0.29) is 35.9 Å². The number of carbonyl (C=O) groups excluding carboxylic acids is 2. The summed E-state index contributed by atoms with van der Waals surface area (Å²) in [6.07, 6.45) is 0. The number of carboxylic acids is 1. The summed E-state index contributed by atoms with van der Waals surface area (Å²) in [6, 6.07) is 12.8. The van der Waals surface area contributed by atoms with Gasteiger partial charge in [0.05, 0.1) is 13.7 Å². The summed E-state index contributed by atoms with van der Waals surface area (Å²) in [5.41, 5.74) is 0.0102. The molecule has 0 fully saturated rings. The maximum Gasteiger partial charge on any atom is 0.358 e. The topological polar surface area (TPSA) is 108 Å². The number of fused-ring (bicyclic) bond motifs is 1. The van der Waals surface area contributed by atoms with Gasteiger partial charge in [0.25, 0.3) is 0 Å². The fourth-order valence-corrected chi connectivity index (χ4v) is 2.98. The molecule has 0 saturated heterocycles. The number of hydrogen-bond acceptors (Lipinski definition) is 6. The number of methoxy groups -OCH3 is 2. The van der Waals surface area contributed by atoms with Crippen LogP contribution in [0.5, 0.6) is 0 Å². The van der Waals surface area contributed by atoms with Crippen molar-refractivity contribution in [3.8, 4) is 0 Å². The Bertz CT molecular complexity index is 1070. The van der Waals surface area contributed by atoms with Crippen LogP contribution in [0, 0.1) is 0 Å². The van der Waals surface area contributed by atoms with Crippen molar-refractivity contribution in [2.75, 3.05) is 14.2 Å². The van der Waals surface area contributed by atoms with Gasteiger partial charge in [-0.2, -0.15) is 5.10 Å². The molecule has 144 valence electrons. The number of carboxylic acid groups (broad SMARTS) is 1. The van der Waals surface area contributed by atoms with Gasteiger partial charge in [-0.3, -0.25) is 4.79 Å². The van der Waals surface area contributed by atoms with Gasteiger partial charge in [-0.15, -0.1) is 0 Å². The lowest BCUT2D eigenvalue weighted by Gasteiger charge is -2.06. The zero-order chi connectivity index (χ0) is 20.3. The van der Waals surface area contributed by atoms with E-state index in [9.17, 15) is 19.5 Å². The number of carbonyl (C=O) groups is 3. The second kappa shape index (κ2) is 8.01. The predicted octanol–water partition coefficient (Wildman–Crippen LogP) is 2.55. The van der Waals surface area contributed by atoms with Gasteiger partial charge in [-0.25, -0.2) is 14.3 Å². The number of hydrogen-bond donors (Lipinski definition) is 1. The monoisotopic (exact) mass is 382 g/mol. The Morgan fingerprint density at radius 1 is 1.07 bits per heavy atom. The number of Topliss-reactive ketones (excluding diaryl/α,β-unsaturated/α-hetero) is 1. The minimum Gasteiger partial charge on any atom is -0.477 e. The number of ether oxygens (including phenoxy) is 2. The fourth-order valence-electron chi connectivity index (χ4n) is 2.98. The van der Waals surface area contributed by atoms with E-state index in [4.69, 9.17) is 4.74 Å². The molecule has 0 unspecified atom stereocenters. The molecule has 0 saturated carbocycles. The quantitative estimate of drug-likeness (QED) is 0.494. The average Bonchev–Trinajstić information content (AvgIpc) is 3.05. The molecule has 1 aromatic heterocycles. The molecule has 0 atom stereocenters. The van der Waals surface area contributed by atoms with Gasteiger partial charge < -0.3 is 14.6 Å². The second-order valence-electron chi connectivity index (χ2n) is 6.05. The molecule has 1 heterocycles. The highest BCUT2D eigenvalue weighted by Gasteiger charge is 2.28. The van der Waals surface area contributed by atoms with Crippen molar-refractivity contribution in [1.29, 1.82) is 0 Å². The normalized spacial score (nSPS) is 10.8. The van der Waals surface area contributed by atoms with Crippen molar-refractivity contribution < 1.29 is 29.0 Å². The van der Waals surface area contributed by atoms with Crippen molar-refractivity contribution in [3.05, 3.63) is 65.0 Å². The number of benzene rings is 2. The molecule has 0 bridgehead atoms. The summed E-state index contributed by atoms with van der Waals surface area (Å²) in [4.78, 5) is 36.5. The first kappa shape index (κ1) is 19.2. The Morgan fingerprint density at radius 3 is 2.43 bits per heavy atom. The zero-order valence-electron chi connectivity index (χ0n) is 15.3. The molecule has 3 rings (SSSR count). The number of aromatic nitrogens is 2. The van der Waals surface area contributed by atoms with E-state index in [2.05, 4.69) is 9.84 Å². The Labute approximate surface area is 160 Å². The lowest BCUT2D eigenvalue weighted by Crippen LogP contribution is -2.18. The van der Waals surface area contributed by atoms with E-state index < -0.39 is 11.9 Å². The van der Waals surface area contributed by atoms with Gasteiger partial charge in [0, 0.05) is 18.2 Å². The SMILES string of the molecule is COCc1c(C(=O)OC)nn(CC(=O)c2ccc3ccccc3c2)c1C(=O)O. The van der Waals surface area contributed by atoms with Crippen molar-refractivity contribution in [2.45, 2.75) is 13.2 Å². The van der Waals surface area contributed by atoms with Crippen LogP contribution < -0.4 is 0 Å². The third kappa shape index (κ3) is 3.63. The van der Waals surface area contributed by atoms with Crippen LogP contribution in [-0.4, -0.2) is 46.8 Å². The third-order valence-corrected chi connectivity index (χ3v) is 4.29. The molecule has 28 heavy (non-hydrogen) atoms. The lowest BCUT2D eigenvalue weighted by atomic mass is 10.0. The van der Waals surface area contributed by atoms with Gasteiger partial charge >= 0.3 is 11.9 Å². The van der Waals surface area contributed by atoms with Crippen LogP contribution >= 0.6 is 0 Å². The molecular formula is C20H18N2O6. The molecular weight excluding hydrogens is 364 g/mol. The van der Waals surface area contributed by atoms with Crippen molar-refractivity contribution in [2.24, 2.45) is 0 Å². The van der Waals surface area contributed by atoms with E-state index in [0.29, 0.717) is 5.56 Å². The Morgan fingerprint density at radius 2 is 1.79 bits per heavy atom. The van der Waals surface area contributed by atoms with Crippen LogP contribution in [0.15, 0.2) is 42.5 Å². The Kier molecular flexibility index (Phi) is 5.51. The van der Waals surface area contributed by atoms with Crippen molar-refractivity contribution in [1.82, 2.24) is 9.78 Å². The number of nitrogens with zero attached hydrogens (tertiary/aromatic N) is 2. The summed E-state index contributed by atoms with van der Waals surface area (Å²) in [5.74, 6) is -2.45. The fraction of sp³-hybridized carbons (Fsp3) is 0.200. The average molecular weight is 382 g/mol. The molecule has 3 aromatic rings. The standard InChI is InChI=1S/C20H18N2O6/c1-27-11-15-17(20(26)28-2)21-22(18(15)19(24)25)10-16(23)14-8-7-12-5-3-4-6-13(12)9-14/h3-9H,10-11H2,1-2H3,(H,24,25). The van der Waals surface area contributed by atoms with Gasteiger partial charge in [-0.05, 0) is 16.8 Å². The predicted molar refractivity (Wildman–Crippen MR) is 99.5 cm³/mol. The maximum absolute atomic E-state index is 12.7. The first-order valence-corrected chi connectivity index (χ1v) is 8.38. The Balaban J connectivity index is 2.00. The summed E-state index contributed by atoms with van der Waals surface area (Å²) in [7, 11) is 2.53. The zero-order valence-corrected chi connectivity index (χ0v) is 15.3. The van der Waals surface area contributed by atoms with E-state index in [1.807, 2.05) is 30.3 Å². The van der Waals surface area contributed by atoms with Crippen LogP contribution in [0.1, 0.15) is 36.9 Å². The number of ketones is 1. The van der Waals surface area contributed by atoms with E-state index >= 15 is 0 Å². The summed E-state index contributed by atoms with van der Waals surface area (Å²) < 4.78 is 10.7. The molecule has 0 aliphatic rings. The van der Waals surface area contributed by atoms with Crippen molar-refractivity contribution >= 4 is 28.5 Å². The third-order valence-electron chi connectivity index (χ3n) is 4.29. The highest BCUT2D eigenvalue weighted by Crippen LogP contribution is 2.20. The van der Waals surface area contributed by atoms with Gasteiger partial charge in [-0.1, -0.05) is 36.4 Å². The van der Waals surface area contributed by atoms with Crippen LogP contribution in [0.3, 0.4) is 0 Å². The smallest absolute Gasteiger partial charge is 0.358 e. The van der Waals surface area contributed by atoms with Gasteiger partial charge in [0.15, 0.2) is 17.2 Å². The highest BCUT2D eigenvalue weighted by atomic mass is 16.5. The van der Waals surface area contributed by atoms with Crippen LogP contribution in [0.4, 0.5) is 0 Å². The first-order valence-electron chi connectivity index (χ1n) is 8.38. The molecule has 1 N–H and O–H groups in total. The second-order valence-corrected chi connectivity index (χ2v) is 6.05. The van der Waals surface area contributed by atoms with Crippen LogP contribution in [0.25, 0.3) is 10.8 Å². The molecule has 0 radical (unpaired) electrons. The molecule has 0 spiro atoms. The minimum atomic E-state index is -1.32. The van der Waals surface area contributed by atoms with Gasteiger partial charge in [0.1, 0.15) is 6.54 Å². The van der Waals surface area contributed by atoms with E-state index in [1.165, 1.54) is 14.2 Å². The number of aromatic carboxylic acids is 1. The molecule has 2 aromatic carbocycles. The first-order chi connectivity index (χ1) is 13.5. The van der Waals surface area contributed by atoms with Crippen LogP contribution in [-0.2, 0) is 22.6 Å². The lowest BCUT2D eigenvalue weighted by molar-refractivity contribution is 0.0587. The molecule has 8 nitrogen and oxygen atoms in total. The molecule has 8 heteroatoms. The molecule has 0 aliphatic carbocycles. The molecule has 0 aliphatic heterocycles. The highest BCUT2D eigenvalue weighted by molar-refractivity contribution is 6.01.